The third-order valence-electron chi connectivity index (χ3n) is 4.15. The Bertz CT molecular complexity index is 414. The topological polar surface area (TPSA) is 6.48 Å². The van der Waals surface area contributed by atoms with E-state index in [-0.39, 0.29) is 10.8 Å². The summed E-state index contributed by atoms with van der Waals surface area (Å²) in [6, 6.07) is 8.81. The second-order valence-corrected chi connectivity index (χ2v) is 7.47. The highest BCUT2D eigenvalue weighted by Gasteiger charge is 2.19. The van der Waals surface area contributed by atoms with E-state index in [1.165, 1.54) is 11.1 Å². The van der Waals surface area contributed by atoms with Crippen molar-refractivity contribution in [2.24, 2.45) is 0 Å². The number of alkyl halides is 1. The first kappa shape index (κ1) is 15.8. The van der Waals surface area contributed by atoms with Crippen LogP contribution in [0.2, 0.25) is 0 Å². The van der Waals surface area contributed by atoms with Crippen molar-refractivity contribution in [3.05, 3.63) is 35.4 Å². The second-order valence-electron chi connectivity index (χ2n) is 6.94. The van der Waals surface area contributed by atoms with Gasteiger partial charge in [0.2, 0.25) is 0 Å². The lowest BCUT2D eigenvalue weighted by atomic mass is 9.86. The van der Waals surface area contributed by atoms with E-state index in [1.54, 1.807) is 0 Å². The van der Waals surface area contributed by atoms with E-state index in [0.29, 0.717) is 0 Å². The molecule has 1 atom stereocenters. The van der Waals surface area contributed by atoms with Crippen molar-refractivity contribution < 1.29 is 0 Å². The Balaban J connectivity index is 1.94. The molecule has 0 saturated carbocycles. The van der Waals surface area contributed by atoms with Gasteiger partial charge in [-0.2, -0.15) is 0 Å². The minimum Gasteiger partial charge on any atom is -0.304 e. The van der Waals surface area contributed by atoms with Crippen molar-refractivity contribution in [1.82, 2.24) is 9.80 Å². The molecule has 1 aromatic carbocycles. The third-order valence-corrected chi connectivity index (χ3v) is 4.54. The largest absolute Gasteiger partial charge is 0.304 e. The van der Waals surface area contributed by atoms with E-state index in [0.717, 1.165) is 32.7 Å². The summed E-state index contributed by atoms with van der Waals surface area (Å²) in [6.07, 6.45) is 0. The van der Waals surface area contributed by atoms with Crippen molar-refractivity contribution >= 4 is 11.6 Å². The van der Waals surface area contributed by atoms with Gasteiger partial charge in [0, 0.05) is 32.7 Å². The summed E-state index contributed by atoms with van der Waals surface area (Å²) < 4.78 is 0. The molecule has 1 unspecified atom stereocenters. The van der Waals surface area contributed by atoms with Gasteiger partial charge >= 0.3 is 0 Å². The fraction of sp³-hybridized carbons (Fsp3) is 0.647. The number of rotatable bonds is 3. The molecule has 1 fully saturated rings. The molecular formula is C17H27ClN2. The van der Waals surface area contributed by atoms with E-state index in [9.17, 15) is 0 Å². The first-order valence-electron chi connectivity index (χ1n) is 7.51. The molecule has 0 spiro atoms. The highest BCUT2D eigenvalue weighted by molar-refractivity contribution is 6.21. The quantitative estimate of drug-likeness (QED) is 0.787. The molecule has 1 saturated heterocycles. The summed E-state index contributed by atoms with van der Waals surface area (Å²) in [5, 5.41) is 0.0902. The van der Waals surface area contributed by atoms with Crippen LogP contribution in [0.1, 0.15) is 37.3 Å². The Hall–Kier alpha value is -0.570. The van der Waals surface area contributed by atoms with E-state index < -0.39 is 0 Å². The average Bonchev–Trinajstić information content (AvgIpc) is 2.40. The van der Waals surface area contributed by atoms with Crippen LogP contribution in [0.25, 0.3) is 0 Å². The SMILES string of the molecule is CN1CCN(CC(Cl)c2ccc(C(C)(C)C)cc2)CC1. The summed E-state index contributed by atoms with van der Waals surface area (Å²) >= 11 is 6.59. The monoisotopic (exact) mass is 294 g/mol. The number of likely N-dealkylation sites (N-methyl/N-ethyl adjacent to an activating group) is 1. The minimum atomic E-state index is 0.0902. The molecule has 20 heavy (non-hydrogen) atoms. The lowest BCUT2D eigenvalue weighted by Gasteiger charge is -2.33. The number of benzene rings is 1. The predicted octanol–water partition coefficient (Wildman–Crippen LogP) is 3.51. The molecule has 0 N–H and O–H groups in total. The molecule has 1 aliphatic heterocycles. The van der Waals surface area contributed by atoms with Gasteiger partial charge in [0.15, 0.2) is 0 Å². The summed E-state index contributed by atoms with van der Waals surface area (Å²) in [5.41, 5.74) is 2.81. The van der Waals surface area contributed by atoms with Crippen LogP contribution in [-0.4, -0.2) is 49.6 Å². The van der Waals surface area contributed by atoms with Gasteiger partial charge in [-0.3, -0.25) is 4.90 Å². The highest BCUT2D eigenvalue weighted by Crippen LogP contribution is 2.27. The van der Waals surface area contributed by atoms with E-state index >= 15 is 0 Å². The number of hydrogen-bond acceptors (Lipinski definition) is 2. The summed E-state index contributed by atoms with van der Waals surface area (Å²) in [7, 11) is 2.18. The Morgan fingerprint density at radius 1 is 1.05 bits per heavy atom. The molecule has 1 aromatic rings. The maximum atomic E-state index is 6.59. The first-order chi connectivity index (χ1) is 9.36. The van der Waals surface area contributed by atoms with E-state index in [2.05, 4.69) is 61.9 Å². The van der Waals surface area contributed by atoms with Crippen LogP contribution in [0.5, 0.6) is 0 Å². The maximum Gasteiger partial charge on any atom is 0.0712 e. The number of hydrogen-bond donors (Lipinski definition) is 0. The molecule has 2 rings (SSSR count). The van der Waals surface area contributed by atoms with Gasteiger partial charge in [-0.05, 0) is 23.6 Å². The molecule has 0 aromatic heterocycles. The van der Waals surface area contributed by atoms with Crippen molar-refractivity contribution in [3.8, 4) is 0 Å². The van der Waals surface area contributed by atoms with E-state index in [4.69, 9.17) is 11.6 Å². The fourth-order valence-corrected chi connectivity index (χ4v) is 2.90. The van der Waals surface area contributed by atoms with Gasteiger partial charge in [0.1, 0.15) is 0 Å². The Morgan fingerprint density at radius 3 is 2.10 bits per heavy atom. The molecule has 2 nitrogen and oxygen atoms in total. The van der Waals surface area contributed by atoms with Crippen LogP contribution >= 0.6 is 11.6 Å². The summed E-state index contributed by atoms with van der Waals surface area (Å²) in [6.45, 7) is 12.2. The van der Waals surface area contributed by atoms with Crippen LogP contribution in [0.4, 0.5) is 0 Å². The van der Waals surface area contributed by atoms with Gasteiger partial charge in [-0.15, -0.1) is 11.6 Å². The molecule has 3 heteroatoms. The van der Waals surface area contributed by atoms with Crippen molar-refractivity contribution in [2.45, 2.75) is 31.6 Å². The van der Waals surface area contributed by atoms with Crippen LogP contribution in [0.3, 0.4) is 0 Å². The van der Waals surface area contributed by atoms with Crippen LogP contribution < -0.4 is 0 Å². The first-order valence-corrected chi connectivity index (χ1v) is 7.95. The average molecular weight is 295 g/mol. The zero-order valence-corrected chi connectivity index (χ0v) is 14.0. The van der Waals surface area contributed by atoms with Crippen molar-refractivity contribution in [1.29, 1.82) is 0 Å². The van der Waals surface area contributed by atoms with E-state index in [1.807, 2.05) is 0 Å². The summed E-state index contributed by atoms with van der Waals surface area (Å²) in [4.78, 5) is 4.84. The van der Waals surface area contributed by atoms with Gasteiger partial charge < -0.3 is 4.90 Å². The molecule has 112 valence electrons. The zero-order valence-electron chi connectivity index (χ0n) is 13.2. The molecule has 1 heterocycles. The molecule has 0 bridgehead atoms. The number of piperazine rings is 1. The maximum absolute atomic E-state index is 6.59. The van der Waals surface area contributed by atoms with Gasteiger partial charge in [0.25, 0.3) is 0 Å². The Kier molecular flexibility index (Phi) is 5.11. The second kappa shape index (κ2) is 6.46. The van der Waals surface area contributed by atoms with Gasteiger partial charge in [-0.25, -0.2) is 0 Å². The number of nitrogens with zero attached hydrogens (tertiary/aromatic N) is 2. The summed E-state index contributed by atoms with van der Waals surface area (Å²) in [5.74, 6) is 0. The lowest BCUT2D eigenvalue weighted by Crippen LogP contribution is -2.45. The van der Waals surface area contributed by atoms with Crippen molar-refractivity contribution in [3.63, 3.8) is 0 Å². The Labute approximate surface area is 128 Å². The fourth-order valence-electron chi connectivity index (χ4n) is 2.55. The zero-order chi connectivity index (χ0) is 14.8. The van der Waals surface area contributed by atoms with Crippen molar-refractivity contribution in [2.75, 3.05) is 39.8 Å². The standard InChI is InChI=1S/C17H27ClN2/c1-17(2,3)15-7-5-14(6-8-15)16(18)13-20-11-9-19(4)10-12-20/h5-8,16H,9-13H2,1-4H3. The Morgan fingerprint density at radius 2 is 1.60 bits per heavy atom. The van der Waals surface area contributed by atoms with Gasteiger partial charge in [0.05, 0.1) is 5.38 Å². The molecule has 0 radical (unpaired) electrons. The third kappa shape index (κ3) is 4.21. The molecule has 1 aliphatic rings. The number of halogens is 1. The predicted molar refractivity (Wildman–Crippen MR) is 87.7 cm³/mol. The minimum absolute atomic E-state index is 0.0902. The van der Waals surface area contributed by atoms with Crippen LogP contribution in [-0.2, 0) is 5.41 Å². The molecule has 0 aliphatic carbocycles. The molecular weight excluding hydrogens is 268 g/mol. The lowest BCUT2D eigenvalue weighted by molar-refractivity contribution is 0.154. The molecule has 0 amide bonds. The normalized spacial score (nSPS) is 20.1. The smallest absolute Gasteiger partial charge is 0.0712 e. The van der Waals surface area contributed by atoms with Gasteiger partial charge in [-0.1, -0.05) is 45.0 Å². The highest BCUT2D eigenvalue weighted by atomic mass is 35.5. The van der Waals surface area contributed by atoms with Crippen LogP contribution in [0, 0.1) is 0 Å². The van der Waals surface area contributed by atoms with Crippen LogP contribution in [0.15, 0.2) is 24.3 Å².